The topological polar surface area (TPSA) is 37.3 Å². The van der Waals surface area contributed by atoms with E-state index in [0.29, 0.717) is 6.42 Å². The van der Waals surface area contributed by atoms with Gasteiger partial charge < -0.3 is 5.11 Å². The number of carboxylic acids is 1. The molecule has 2 nitrogen and oxygen atoms in total. The average molecular weight is 326 g/mol. The van der Waals surface area contributed by atoms with Gasteiger partial charge in [-0.05, 0) is 32.1 Å². The SMILES string of the molecule is CCC=CCC=CCC=CC=CC=CC=CCC=CCCC(=O)O. The molecule has 0 aromatic rings. The van der Waals surface area contributed by atoms with Gasteiger partial charge in [0.2, 0.25) is 0 Å². The van der Waals surface area contributed by atoms with Crippen LogP contribution in [0.15, 0.2) is 85.1 Å². The second-order valence-corrected chi connectivity index (χ2v) is 5.09. The zero-order valence-corrected chi connectivity index (χ0v) is 14.7. The van der Waals surface area contributed by atoms with Gasteiger partial charge in [0.05, 0.1) is 0 Å². The van der Waals surface area contributed by atoms with E-state index in [-0.39, 0.29) is 6.42 Å². The molecule has 2 heteroatoms. The maximum absolute atomic E-state index is 10.3. The van der Waals surface area contributed by atoms with Crippen molar-refractivity contribution in [1.29, 1.82) is 0 Å². The molecule has 0 spiro atoms. The van der Waals surface area contributed by atoms with Crippen molar-refractivity contribution in [2.45, 2.75) is 45.4 Å². The minimum atomic E-state index is -0.751. The first-order valence-corrected chi connectivity index (χ1v) is 8.59. The molecule has 0 saturated heterocycles. The lowest BCUT2D eigenvalue weighted by molar-refractivity contribution is -0.136. The lowest BCUT2D eigenvalue weighted by Crippen LogP contribution is -1.91. The third-order valence-electron chi connectivity index (χ3n) is 2.90. The van der Waals surface area contributed by atoms with E-state index in [1.165, 1.54) is 0 Å². The second-order valence-electron chi connectivity index (χ2n) is 5.09. The summed E-state index contributed by atoms with van der Waals surface area (Å²) in [5, 5.41) is 8.48. The fourth-order valence-electron chi connectivity index (χ4n) is 1.68. The van der Waals surface area contributed by atoms with Gasteiger partial charge in [0.1, 0.15) is 0 Å². The molecule has 130 valence electrons. The maximum atomic E-state index is 10.3. The molecule has 0 rings (SSSR count). The molecule has 0 radical (unpaired) electrons. The second kappa shape index (κ2) is 18.7. The van der Waals surface area contributed by atoms with Crippen molar-refractivity contribution >= 4 is 5.97 Å². The number of allylic oxidation sites excluding steroid dienone is 14. The van der Waals surface area contributed by atoms with E-state index in [1.807, 2.05) is 54.7 Å². The normalized spacial score (nSPS) is 13.4. The Morgan fingerprint density at radius 2 is 1.12 bits per heavy atom. The summed E-state index contributed by atoms with van der Waals surface area (Å²) in [5.74, 6) is -0.751. The minimum Gasteiger partial charge on any atom is -0.481 e. The van der Waals surface area contributed by atoms with E-state index in [2.05, 4.69) is 37.3 Å². The molecule has 1 N–H and O–H groups in total. The van der Waals surface area contributed by atoms with Crippen molar-refractivity contribution in [3.63, 3.8) is 0 Å². The maximum Gasteiger partial charge on any atom is 0.303 e. The largest absolute Gasteiger partial charge is 0.481 e. The van der Waals surface area contributed by atoms with Gasteiger partial charge >= 0.3 is 5.97 Å². The van der Waals surface area contributed by atoms with Crippen molar-refractivity contribution in [3.05, 3.63) is 85.1 Å². The number of rotatable bonds is 13. The standard InChI is InChI=1S/C22H30O2/c1-2-3-4-5-6-7-8-9-10-11-12-13-14-15-16-17-18-19-20-21-22(23)24/h3-4,6-7,9-16,18-19H,2,5,8,17,20-21H2,1H3,(H,23,24). The number of carboxylic acid groups (broad SMARTS) is 1. The Balaban J connectivity index is 3.66. The molecule has 0 unspecified atom stereocenters. The molecule has 24 heavy (non-hydrogen) atoms. The zero-order chi connectivity index (χ0) is 17.7. The highest BCUT2D eigenvalue weighted by atomic mass is 16.4. The molecule has 0 aromatic carbocycles. The van der Waals surface area contributed by atoms with Crippen LogP contribution in [0.5, 0.6) is 0 Å². The highest BCUT2D eigenvalue weighted by Gasteiger charge is 1.90. The quantitative estimate of drug-likeness (QED) is 0.317. The van der Waals surface area contributed by atoms with Crippen LogP contribution in [0.1, 0.15) is 45.4 Å². The fourth-order valence-corrected chi connectivity index (χ4v) is 1.68. The first-order valence-electron chi connectivity index (χ1n) is 8.59. The minimum absolute atomic E-state index is 0.199. The summed E-state index contributed by atoms with van der Waals surface area (Å²) in [6, 6.07) is 0. The molecule has 0 heterocycles. The first kappa shape index (κ1) is 21.6. The van der Waals surface area contributed by atoms with Gasteiger partial charge in [0.15, 0.2) is 0 Å². The van der Waals surface area contributed by atoms with Crippen LogP contribution in [0.2, 0.25) is 0 Å². The highest BCUT2D eigenvalue weighted by molar-refractivity contribution is 5.66. The summed E-state index contributed by atoms with van der Waals surface area (Å²) in [6.45, 7) is 2.14. The Hall–Kier alpha value is -2.35. The van der Waals surface area contributed by atoms with Crippen LogP contribution in [0.4, 0.5) is 0 Å². The van der Waals surface area contributed by atoms with E-state index in [4.69, 9.17) is 5.11 Å². The van der Waals surface area contributed by atoms with Crippen molar-refractivity contribution < 1.29 is 9.90 Å². The first-order chi connectivity index (χ1) is 11.8. The monoisotopic (exact) mass is 326 g/mol. The molecular formula is C22H30O2. The summed E-state index contributed by atoms with van der Waals surface area (Å²) in [4.78, 5) is 10.3. The summed E-state index contributed by atoms with van der Waals surface area (Å²) >= 11 is 0. The summed E-state index contributed by atoms with van der Waals surface area (Å²) in [5.41, 5.74) is 0. The Morgan fingerprint density at radius 3 is 1.67 bits per heavy atom. The lowest BCUT2D eigenvalue weighted by Gasteiger charge is -1.86. The molecule has 0 fully saturated rings. The molecule has 0 aliphatic heterocycles. The third-order valence-corrected chi connectivity index (χ3v) is 2.90. The molecule has 0 aliphatic carbocycles. The lowest BCUT2D eigenvalue weighted by atomic mass is 10.2. The van der Waals surface area contributed by atoms with E-state index >= 15 is 0 Å². The molecule has 0 saturated carbocycles. The molecule has 0 aliphatic rings. The summed E-state index contributed by atoms with van der Waals surface area (Å²) < 4.78 is 0. The number of carbonyl (C=O) groups is 1. The van der Waals surface area contributed by atoms with Gasteiger partial charge in [-0.3, -0.25) is 4.79 Å². The number of hydrogen-bond acceptors (Lipinski definition) is 1. The van der Waals surface area contributed by atoms with Gasteiger partial charge in [-0.1, -0.05) is 92.0 Å². The van der Waals surface area contributed by atoms with Crippen molar-refractivity contribution in [2.24, 2.45) is 0 Å². The van der Waals surface area contributed by atoms with E-state index in [9.17, 15) is 4.79 Å². The average Bonchev–Trinajstić information content (AvgIpc) is 2.56. The van der Waals surface area contributed by atoms with E-state index in [1.54, 1.807) is 0 Å². The number of hydrogen-bond donors (Lipinski definition) is 1. The van der Waals surface area contributed by atoms with E-state index < -0.39 is 5.97 Å². The molecule has 0 amide bonds. The van der Waals surface area contributed by atoms with Gasteiger partial charge in [-0.15, -0.1) is 0 Å². The van der Waals surface area contributed by atoms with Crippen LogP contribution in [0.3, 0.4) is 0 Å². The molecular weight excluding hydrogens is 296 g/mol. The fraction of sp³-hybridized carbons (Fsp3) is 0.318. The van der Waals surface area contributed by atoms with Gasteiger partial charge in [-0.25, -0.2) is 0 Å². The smallest absolute Gasteiger partial charge is 0.303 e. The Morgan fingerprint density at radius 1 is 0.667 bits per heavy atom. The van der Waals surface area contributed by atoms with Crippen LogP contribution in [-0.4, -0.2) is 11.1 Å². The summed E-state index contributed by atoms with van der Waals surface area (Å²) in [7, 11) is 0. The molecule has 0 atom stereocenters. The third kappa shape index (κ3) is 19.7. The summed E-state index contributed by atoms with van der Waals surface area (Å²) in [6.07, 6.45) is 33.5. The van der Waals surface area contributed by atoms with Gasteiger partial charge in [0.25, 0.3) is 0 Å². The van der Waals surface area contributed by atoms with E-state index in [0.717, 1.165) is 25.7 Å². The number of aliphatic carboxylic acids is 1. The van der Waals surface area contributed by atoms with Crippen LogP contribution in [0.25, 0.3) is 0 Å². The molecule has 0 bridgehead atoms. The van der Waals surface area contributed by atoms with Gasteiger partial charge in [0, 0.05) is 6.42 Å². The van der Waals surface area contributed by atoms with Crippen LogP contribution >= 0.6 is 0 Å². The predicted molar refractivity (Wildman–Crippen MR) is 105 cm³/mol. The van der Waals surface area contributed by atoms with Crippen LogP contribution in [-0.2, 0) is 4.79 Å². The van der Waals surface area contributed by atoms with Crippen LogP contribution < -0.4 is 0 Å². The van der Waals surface area contributed by atoms with Crippen molar-refractivity contribution in [3.8, 4) is 0 Å². The molecule has 0 aromatic heterocycles. The Labute approximate surface area is 147 Å². The van der Waals surface area contributed by atoms with Crippen LogP contribution in [0, 0.1) is 0 Å². The highest BCUT2D eigenvalue weighted by Crippen LogP contribution is 1.95. The zero-order valence-electron chi connectivity index (χ0n) is 14.7. The predicted octanol–water partition coefficient (Wildman–Crippen LogP) is 6.32. The Bertz CT molecular complexity index is 500. The van der Waals surface area contributed by atoms with Crippen molar-refractivity contribution in [2.75, 3.05) is 0 Å². The van der Waals surface area contributed by atoms with Crippen molar-refractivity contribution in [1.82, 2.24) is 0 Å². The van der Waals surface area contributed by atoms with Gasteiger partial charge in [-0.2, -0.15) is 0 Å². The Kier molecular flexibility index (Phi) is 16.9.